The molecule has 1 fully saturated rings. The first kappa shape index (κ1) is 15.4. The van der Waals surface area contributed by atoms with Gasteiger partial charge in [-0.05, 0) is 44.6 Å². The number of esters is 1. The summed E-state index contributed by atoms with van der Waals surface area (Å²) in [4.78, 5) is 18.5. The lowest BCUT2D eigenvalue weighted by atomic mass is 10.2. The van der Waals surface area contributed by atoms with Gasteiger partial charge in [-0.3, -0.25) is 14.7 Å². The summed E-state index contributed by atoms with van der Waals surface area (Å²) in [5, 5.41) is 0. The van der Waals surface area contributed by atoms with Gasteiger partial charge in [-0.15, -0.1) is 8.58 Å². The minimum atomic E-state index is -0.394. The molecular formula is C15H23N2O2P. The van der Waals surface area contributed by atoms with Gasteiger partial charge >= 0.3 is 5.97 Å². The predicted octanol–water partition coefficient (Wildman–Crippen LogP) is 2.29. The van der Waals surface area contributed by atoms with Crippen molar-refractivity contribution in [1.29, 1.82) is 0 Å². The molecule has 2 atom stereocenters. The number of carbonyl (C=O) groups is 1. The average molecular weight is 294 g/mol. The van der Waals surface area contributed by atoms with E-state index in [2.05, 4.69) is 9.88 Å². The summed E-state index contributed by atoms with van der Waals surface area (Å²) in [6, 6.07) is 4.05. The van der Waals surface area contributed by atoms with Gasteiger partial charge in [0.2, 0.25) is 0 Å². The van der Waals surface area contributed by atoms with Gasteiger partial charge in [-0.25, -0.2) is 0 Å². The summed E-state index contributed by atoms with van der Waals surface area (Å²) in [6.45, 7) is 8.50. The second-order valence-corrected chi connectivity index (χ2v) is 7.74. The van der Waals surface area contributed by atoms with Crippen LogP contribution in [0.25, 0.3) is 0 Å². The predicted molar refractivity (Wildman–Crippen MR) is 82.3 cm³/mol. The first-order valence-corrected chi connectivity index (χ1v) is 8.30. The Hall–Kier alpha value is -0.990. The first-order chi connectivity index (χ1) is 9.44. The van der Waals surface area contributed by atoms with Crippen LogP contribution in [-0.2, 0) is 16.1 Å². The lowest BCUT2D eigenvalue weighted by Gasteiger charge is -2.33. The van der Waals surface area contributed by atoms with E-state index in [4.69, 9.17) is 4.74 Å². The van der Waals surface area contributed by atoms with Crippen molar-refractivity contribution in [2.45, 2.75) is 38.6 Å². The third-order valence-electron chi connectivity index (χ3n) is 3.11. The number of rotatable bonds is 3. The molecule has 1 saturated heterocycles. The van der Waals surface area contributed by atoms with E-state index in [1.54, 1.807) is 0 Å². The molecule has 1 aliphatic heterocycles. The van der Waals surface area contributed by atoms with Gasteiger partial charge in [-0.1, -0.05) is 0 Å². The Morgan fingerprint density at radius 3 is 2.80 bits per heavy atom. The Bertz CT molecular complexity index is 445. The highest BCUT2D eigenvalue weighted by Gasteiger charge is 2.29. The minimum absolute atomic E-state index is 0.0322. The Morgan fingerprint density at radius 2 is 2.15 bits per heavy atom. The Kier molecular flexibility index (Phi) is 5.11. The molecule has 0 amide bonds. The number of aromatic nitrogens is 1. The van der Waals surface area contributed by atoms with Gasteiger partial charge in [-0.2, -0.15) is 0 Å². The van der Waals surface area contributed by atoms with Crippen molar-refractivity contribution >= 4 is 14.6 Å². The summed E-state index contributed by atoms with van der Waals surface area (Å²) in [5.74, 6) is -0.0461. The van der Waals surface area contributed by atoms with Crippen LogP contribution in [0.15, 0.2) is 24.5 Å². The van der Waals surface area contributed by atoms with Crippen molar-refractivity contribution in [2.75, 3.05) is 19.3 Å². The maximum atomic E-state index is 12.2. The van der Waals surface area contributed by atoms with Crippen LogP contribution in [0.3, 0.4) is 0 Å². The maximum absolute atomic E-state index is 12.2. The highest BCUT2D eigenvalue weighted by Crippen LogP contribution is 2.28. The summed E-state index contributed by atoms with van der Waals surface area (Å²) in [7, 11) is 0.677. The third-order valence-corrected chi connectivity index (χ3v) is 4.53. The third kappa shape index (κ3) is 4.84. The fourth-order valence-electron chi connectivity index (χ4n) is 2.23. The van der Waals surface area contributed by atoms with Gasteiger partial charge in [0.1, 0.15) is 5.60 Å². The first-order valence-electron chi connectivity index (χ1n) is 7.01. The second-order valence-electron chi connectivity index (χ2n) is 6.13. The summed E-state index contributed by atoms with van der Waals surface area (Å²) in [6.07, 6.45) is 4.70. The highest BCUT2D eigenvalue weighted by atomic mass is 31.1. The Labute approximate surface area is 122 Å². The molecule has 20 heavy (non-hydrogen) atoms. The SMILES string of the molecule is CC(C)(C)OC(=O)C1CN(Cc2ccncc2)CCP1. The molecule has 2 rings (SSSR count). The topological polar surface area (TPSA) is 42.4 Å². The molecule has 2 unspecified atom stereocenters. The second kappa shape index (κ2) is 6.64. The van der Waals surface area contributed by atoms with E-state index >= 15 is 0 Å². The Morgan fingerprint density at radius 1 is 1.45 bits per heavy atom. The summed E-state index contributed by atoms with van der Waals surface area (Å²) < 4.78 is 5.51. The van der Waals surface area contributed by atoms with E-state index < -0.39 is 5.60 Å². The summed E-state index contributed by atoms with van der Waals surface area (Å²) >= 11 is 0. The van der Waals surface area contributed by atoms with E-state index in [1.807, 2.05) is 45.3 Å². The molecule has 5 heteroatoms. The van der Waals surface area contributed by atoms with Crippen LogP contribution in [0, 0.1) is 0 Å². The lowest BCUT2D eigenvalue weighted by molar-refractivity contribution is -0.154. The van der Waals surface area contributed by atoms with Gasteiger partial charge in [0, 0.05) is 32.0 Å². The van der Waals surface area contributed by atoms with Crippen molar-refractivity contribution in [3.8, 4) is 0 Å². The van der Waals surface area contributed by atoms with E-state index in [0.29, 0.717) is 8.58 Å². The van der Waals surface area contributed by atoms with Crippen LogP contribution in [0.4, 0.5) is 0 Å². The number of carbonyl (C=O) groups excluding carboxylic acids is 1. The zero-order chi connectivity index (χ0) is 14.6. The van der Waals surface area contributed by atoms with E-state index in [-0.39, 0.29) is 11.6 Å². The van der Waals surface area contributed by atoms with E-state index in [9.17, 15) is 4.79 Å². The molecule has 0 aromatic carbocycles. The van der Waals surface area contributed by atoms with E-state index in [0.717, 1.165) is 25.8 Å². The fraction of sp³-hybridized carbons (Fsp3) is 0.600. The van der Waals surface area contributed by atoms with Gasteiger partial charge in [0.15, 0.2) is 0 Å². The molecule has 110 valence electrons. The van der Waals surface area contributed by atoms with E-state index in [1.165, 1.54) is 5.56 Å². The van der Waals surface area contributed by atoms with Gasteiger partial charge in [0.25, 0.3) is 0 Å². The van der Waals surface area contributed by atoms with Crippen molar-refractivity contribution < 1.29 is 9.53 Å². The van der Waals surface area contributed by atoms with Crippen LogP contribution >= 0.6 is 8.58 Å². The number of pyridine rings is 1. The molecule has 1 aromatic heterocycles. The molecule has 4 nitrogen and oxygen atoms in total. The standard InChI is InChI=1S/C15H23N2O2P/c1-15(2,3)19-14(18)13-11-17(8-9-20-13)10-12-4-6-16-7-5-12/h4-7,13,20H,8-11H2,1-3H3. The van der Waals surface area contributed by atoms with Crippen LogP contribution in [0.5, 0.6) is 0 Å². The molecule has 0 N–H and O–H groups in total. The molecule has 1 aliphatic rings. The fourth-order valence-corrected chi connectivity index (χ4v) is 3.64. The summed E-state index contributed by atoms with van der Waals surface area (Å²) in [5.41, 5.74) is 0.882. The number of ether oxygens (including phenoxy) is 1. The van der Waals surface area contributed by atoms with Crippen molar-refractivity contribution in [3.63, 3.8) is 0 Å². The highest BCUT2D eigenvalue weighted by molar-refractivity contribution is 7.40. The largest absolute Gasteiger partial charge is 0.459 e. The van der Waals surface area contributed by atoms with Crippen LogP contribution < -0.4 is 0 Å². The lowest BCUT2D eigenvalue weighted by Crippen LogP contribution is -2.42. The molecule has 0 aliphatic carbocycles. The quantitative estimate of drug-likeness (QED) is 0.633. The van der Waals surface area contributed by atoms with Crippen molar-refractivity contribution in [3.05, 3.63) is 30.1 Å². The van der Waals surface area contributed by atoms with Crippen LogP contribution in [0.2, 0.25) is 0 Å². The number of hydrogen-bond donors (Lipinski definition) is 0. The zero-order valence-corrected chi connectivity index (χ0v) is 13.4. The Balaban J connectivity index is 1.90. The normalized spacial score (nSPS) is 21.9. The van der Waals surface area contributed by atoms with Gasteiger partial charge in [0.05, 0.1) is 5.66 Å². The molecule has 1 aromatic rings. The van der Waals surface area contributed by atoms with Crippen LogP contribution in [-0.4, -0.2) is 46.4 Å². The van der Waals surface area contributed by atoms with Crippen LogP contribution in [0.1, 0.15) is 26.3 Å². The maximum Gasteiger partial charge on any atom is 0.314 e. The molecule has 0 radical (unpaired) electrons. The van der Waals surface area contributed by atoms with Crippen molar-refractivity contribution in [1.82, 2.24) is 9.88 Å². The zero-order valence-electron chi connectivity index (χ0n) is 12.4. The number of nitrogens with zero attached hydrogens (tertiary/aromatic N) is 2. The van der Waals surface area contributed by atoms with Crippen molar-refractivity contribution in [2.24, 2.45) is 0 Å². The van der Waals surface area contributed by atoms with Gasteiger partial charge < -0.3 is 4.74 Å². The smallest absolute Gasteiger partial charge is 0.314 e. The molecule has 2 heterocycles. The number of hydrogen-bond acceptors (Lipinski definition) is 4. The molecule has 0 spiro atoms. The average Bonchev–Trinajstić information content (AvgIpc) is 2.38. The molecule has 0 saturated carbocycles. The molecule has 0 bridgehead atoms. The monoisotopic (exact) mass is 294 g/mol. The molecular weight excluding hydrogens is 271 g/mol. The minimum Gasteiger partial charge on any atom is -0.459 e.